The third-order valence-electron chi connectivity index (χ3n) is 2.47. The molecule has 2 nitrogen and oxygen atoms in total. The van der Waals surface area contributed by atoms with Gasteiger partial charge in [0.25, 0.3) is 0 Å². The van der Waals surface area contributed by atoms with Crippen molar-refractivity contribution in [2.24, 2.45) is 0 Å². The van der Waals surface area contributed by atoms with Crippen LogP contribution in [0.1, 0.15) is 46.0 Å². The van der Waals surface area contributed by atoms with Crippen LogP contribution in [0.2, 0.25) is 0 Å². The van der Waals surface area contributed by atoms with Gasteiger partial charge in [0.2, 0.25) is 0 Å². The quantitative estimate of drug-likeness (QED) is 0.437. The first-order valence-corrected chi connectivity index (χ1v) is 6.34. The topological polar surface area (TPSA) is 26.3 Å². The summed E-state index contributed by atoms with van der Waals surface area (Å²) in [7, 11) is 0. The number of allylic oxidation sites excluding steroid dienone is 1. The van der Waals surface area contributed by atoms with E-state index in [1.54, 1.807) is 0 Å². The van der Waals surface area contributed by atoms with E-state index < -0.39 is 4.32 Å². The average molecular weight is 275 g/mol. The van der Waals surface area contributed by atoms with E-state index in [2.05, 4.69) is 28.1 Å². The molecule has 0 aliphatic heterocycles. The summed E-state index contributed by atoms with van der Waals surface area (Å²) in [6.07, 6.45) is 9.70. The fourth-order valence-electron chi connectivity index (χ4n) is 1.52. The summed E-state index contributed by atoms with van der Waals surface area (Å²) in [6, 6.07) is 0. The summed E-state index contributed by atoms with van der Waals surface area (Å²) < 4.78 is 4.88. The number of halogens is 1. The van der Waals surface area contributed by atoms with Gasteiger partial charge in [-0.05, 0) is 39.5 Å². The van der Waals surface area contributed by atoms with Crippen LogP contribution in [0.25, 0.3) is 0 Å². The first kappa shape index (κ1) is 12.8. The van der Waals surface area contributed by atoms with Gasteiger partial charge in [0.15, 0.2) is 0 Å². The Hall–Kier alpha value is -0.310. The van der Waals surface area contributed by atoms with Crippen LogP contribution in [0.5, 0.6) is 0 Å². The van der Waals surface area contributed by atoms with Gasteiger partial charge in [-0.15, -0.1) is 0 Å². The second-order valence-corrected chi connectivity index (χ2v) is 6.47. The molecular weight excluding hydrogens is 256 g/mol. The lowest BCUT2D eigenvalue weighted by atomic mass is 10.0. The van der Waals surface area contributed by atoms with Crippen molar-refractivity contribution < 1.29 is 9.53 Å². The number of carbonyl (C=O) groups is 1. The molecule has 15 heavy (non-hydrogen) atoms. The minimum atomic E-state index is -0.570. The number of alkyl halides is 1. The third kappa shape index (κ3) is 4.83. The van der Waals surface area contributed by atoms with Crippen LogP contribution in [0.15, 0.2) is 12.2 Å². The maximum Gasteiger partial charge on any atom is 0.322 e. The molecule has 0 bridgehead atoms. The normalized spacial score (nSPS) is 25.1. The molecule has 0 heterocycles. The number of carbonyl (C=O) groups excluding carboxylic acids is 1. The predicted octanol–water partition coefficient (Wildman–Crippen LogP) is 3.59. The van der Waals surface area contributed by atoms with E-state index in [-0.39, 0.29) is 12.1 Å². The molecule has 1 unspecified atom stereocenters. The van der Waals surface area contributed by atoms with Crippen LogP contribution in [-0.2, 0) is 9.53 Å². The lowest BCUT2D eigenvalue weighted by Crippen LogP contribution is -2.31. The van der Waals surface area contributed by atoms with Crippen LogP contribution in [0.3, 0.4) is 0 Å². The van der Waals surface area contributed by atoms with Crippen molar-refractivity contribution >= 4 is 21.9 Å². The number of hydrogen-bond donors (Lipinski definition) is 0. The van der Waals surface area contributed by atoms with Crippen molar-refractivity contribution in [3.63, 3.8) is 0 Å². The lowest BCUT2D eigenvalue weighted by Gasteiger charge is -2.22. The van der Waals surface area contributed by atoms with Crippen LogP contribution in [0.4, 0.5) is 0 Å². The van der Waals surface area contributed by atoms with Gasteiger partial charge in [-0.25, -0.2) is 0 Å². The third-order valence-corrected chi connectivity index (χ3v) is 2.80. The summed E-state index contributed by atoms with van der Waals surface area (Å²) in [6.45, 7) is 3.63. The molecule has 0 fully saturated rings. The molecule has 0 aromatic heterocycles. The van der Waals surface area contributed by atoms with Gasteiger partial charge >= 0.3 is 5.97 Å². The van der Waals surface area contributed by atoms with Gasteiger partial charge in [-0.1, -0.05) is 28.1 Å². The molecule has 0 saturated heterocycles. The second kappa shape index (κ2) is 5.69. The molecule has 3 heteroatoms. The highest BCUT2D eigenvalue weighted by molar-refractivity contribution is 9.10. The molecule has 86 valence electrons. The SMILES string of the molecule is CC(C)(Br)C(=O)OC1C/C=C\CCCC1. The Morgan fingerprint density at radius 1 is 1.40 bits per heavy atom. The molecule has 0 aromatic carbocycles. The Balaban J connectivity index is 2.45. The van der Waals surface area contributed by atoms with E-state index in [1.165, 1.54) is 6.42 Å². The van der Waals surface area contributed by atoms with Crippen molar-refractivity contribution in [3.05, 3.63) is 12.2 Å². The monoisotopic (exact) mass is 274 g/mol. The average Bonchev–Trinajstić information content (AvgIpc) is 2.07. The number of hydrogen-bond acceptors (Lipinski definition) is 2. The predicted molar refractivity (Wildman–Crippen MR) is 65.1 cm³/mol. The Labute approximate surface area is 100 Å². The molecular formula is C12H19BrO2. The maximum atomic E-state index is 11.6. The molecule has 0 N–H and O–H groups in total. The van der Waals surface area contributed by atoms with Crippen LogP contribution < -0.4 is 0 Å². The molecule has 0 spiro atoms. The number of rotatable bonds is 2. The van der Waals surface area contributed by atoms with E-state index in [1.807, 2.05) is 13.8 Å². The van der Waals surface area contributed by atoms with Crippen molar-refractivity contribution in [2.75, 3.05) is 0 Å². The fourth-order valence-corrected chi connectivity index (χ4v) is 1.61. The summed E-state index contributed by atoms with van der Waals surface area (Å²) >= 11 is 3.31. The van der Waals surface area contributed by atoms with Gasteiger partial charge in [0, 0.05) is 6.42 Å². The van der Waals surface area contributed by atoms with Gasteiger partial charge in [0.05, 0.1) is 0 Å². The first-order valence-electron chi connectivity index (χ1n) is 5.55. The zero-order chi connectivity index (χ0) is 11.3. The van der Waals surface area contributed by atoms with Crippen molar-refractivity contribution in [3.8, 4) is 0 Å². The van der Waals surface area contributed by atoms with Crippen molar-refractivity contribution in [1.82, 2.24) is 0 Å². The van der Waals surface area contributed by atoms with Gasteiger partial charge < -0.3 is 4.74 Å². The lowest BCUT2D eigenvalue weighted by molar-refractivity contribution is -0.151. The Morgan fingerprint density at radius 2 is 2.13 bits per heavy atom. The zero-order valence-corrected chi connectivity index (χ0v) is 11.0. The highest BCUT2D eigenvalue weighted by atomic mass is 79.9. The molecule has 1 atom stereocenters. The van der Waals surface area contributed by atoms with Crippen molar-refractivity contribution in [1.29, 1.82) is 0 Å². The Kier molecular flexibility index (Phi) is 4.84. The highest BCUT2D eigenvalue weighted by Gasteiger charge is 2.27. The minimum absolute atomic E-state index is 0.0610. The Morgan fingerprint density at radius 3 is 2.80 bits per heavy atom. The van der Waals surface area contributed by atoms with E-state index in [0.29, 0.717) is 0 Å². The summed E-state index contributed by atoms with van der Waals surface area (Å²) in [5, 5.41) is 0. The second-order valence-electron chi connectivity index (χ2n) is 4.49. The minimum Gasteiger partial charge on any atom is -0.461 e. The standard InChI is InChI=1S/C12H19BrO2/c1-12(2,13)11(14)15-10-8-6-4-3-5-7-9-10/h4,6,10H,3,5,7-9H2,1-2H3/b6-4-. The largest absolute Gasteiger partial charge is 0.461 e. The summed E-state index contributed by atoms with van der Waals surface area (Å²) in [5.74, 6) is -0.165. The summed E-state index contributed by atoms with van der Waals surface area (Å²) in [4.78, 5) is 11.6. The maximum absolute atomic E-state index is 11.6. The van der Waals surface area contributed by atoms with Crippen LogP contribution >= 0.6 is 15.9 Å². The molecule has 1 aliphatic carbocycles. The van der Waals surface area contributed by atoms with Crippen molar-refractivity contribution in [2.45, 2.75) is 56.4 Å². The van der Waals surface area contributed by atoms with Crippen LogP contribution in [0, 0.1) is 0 Å². The molecule has 0 aromatic rings. The number of esters is 1. The molecule has 0 radical (unpaired) electrons. The van der Waals surface area contributed by atoms with E-state index in [9.17, 15) is 4.79 Å². The number of ether oxygens (including phenoxy) is 1. The zero-order valence-electron chi connectivity index (χ0n) is 9.46. The highest BCUT2D eigenvalue weighted by Crippen LogP contribution is 2.22. The molecule has 1 rings (SSSR count). The van der Waals surface area contributed by atoms with E-state index in [4.69, 9.17) is 4.74 Å². The van der Waals surface area contributed by atoms with E-state index in [0.717, 1.165) is 25.7 Å². The van der Waals surface area contributed by atoms with Gasteiger partial charge in [0.1, 0.15) is 10.4 Å². The fraction of sp³-hybridized carbons (Fsp3) is 0.750. The van der Waals surface area contributed by atoms with Gasteiger partial charge in [-0.3, -0.25) is 4.79 Å². The summed E-state index contributed by atoms with van der Waals surface area (Å²) in [5.41, 5.74) is 0. The Bertz CT molecular complexity index is 240. The smallest absolute Gasteiger partial charge is 0.322 e. The molecule has 1 aliphatic rings. The first-order chi connectivity index (χ1) is 7.00. The van der Waals surface area contributed by atoms with E-state index >= 15 is 0 Å². The molecule has 0 saturated carbocycles. The van der Waals surface area contributed by atoms with Crippen LogP contribution in [-0.4, -0.2) is 16.4 Å². The van der Waals surface area contributed by atoms with Gasteiger partial charge in [-0.2, -0.15) is 0 Å². The molecule has 0 amide bonds.